The zero-order chi connectivity index (χ0) is 31.9. The molecule has 2 aliphatic rings. The first-order valence-corrected chi connectivity index (χ1v) is 18.0. The lowest BCUT2D eigenvalue weighted by Gasteiger charge is -2.28. The predicted octanol–water partition coefficient (Wildman–Crippen LogP) is 11.1. The summed E-state index contributed by atoms with van der Waals surface area (Å²) in [4.78, 5) is 20.8. The highest BCUT2D eigenvalue weighted by molar-refractivity contribution is 8.00. The molecule has 0 amide bonds. The van der Waals surface area contributed by atoms with E-state index in [2.05, 4.69) is 75.4 Å². The summed E-state index contributed by atoms with van der Waals surface area (Å²) in [5.41, 5.74) is 4.57. The van der Waals surface area contributed by atoms with E-state index in [4.69, 9.17) is 4.74 Å². The maximum Gasteiger partial charge on any atom is 0.343 e. The van der Waals surface area contributed by atoms with Gasteiger partial charge in [-0.3, -0.25) is 0 Å². The van der Waals surface area contributed by atoms with Gasteiger partial charge in [0.2, 0.25) is 5.13 Å². The van der Waals surface area contributed by atoms with Gasteiger partial charge in [-0.05, 0) is 118 Å². The second-order valence-electron chi connectivity index (χ2n) is 11.7. The summed E-state index contributed by atoms with van der Waals surface area (Å²) in [5.74, 6) is 1.59. The Balaban J connectivity index is 0.970. The van der Waals surface area contributed by atoms with E-state index in [0.29, 0.717) is 28.0 Å². The van der Waals surface area contributed by atoms with E-state index >= 15 is 0 Å². The van der Waals surface area contributed by atoms with Crippen molar-refractivity contribution >= 4 is 51.3 Å². The Hall–Kier alpha value is -3.89. The molecular weight excluding hydrogens is 613 g/mol. The number of esters is 1. The molecule has 1 fully saturated rings. The van der Waals surface area contributed by atoms with Gasteiger partial charge in [0.15, 0.2) is 0 Å². The molecule has 1 aliphatic carbocycles. The standard InChI is InChI=1S/C36H40N6O2S2/c1-4-24-7-9-25(10-8-24)26-11-13-27(14-12-26)35(43)44-31-21-17-29(18-22-31)38-40-33-23-32-34(46-33)37-36(45-32)41-39-28-15-19-30(20-16-28)42(5-2)6-3/h11-22,24-25,33H,4-10,23H2,1-3H3. The van der Waals surface area contributed by atoms with E-state index in [1.807, 2.05) is 36.4 Å². The van der Waals surface area contributed by atoms with Crippen LogP contribution in [0.3, 0.4) is 0 Å². The van der Waals surface area contributed by atoms with Crippen LogP contribution in [0, 0.1) is 5.92 Å². The van der Waals surface area contributed by atoms with Gasteiger partial charge in [0.05, 0.1) is 16.9 Å². The van der Waals surface area contributed by atoms with Crippen LogP contribution < -0.4 is 9.64 Å². The van der Waals surface area contributed by atoms with Crippen LogP contribution in [0.1, 0.15) is 79.6 Å². The van der Waals surface area contributed by atoms with Gasteiger partial charge in [-0.15, -0.1) is 10.2 Å². The third kappa shape index (κ3) is 7.90. The minimum atomic E-state index is -0.358. The third-order valence-electron chi connectivity index (χ3n) is 8.88. The highest BCUT2D eigenvalue weighted by Crippen LogP contribution is 2.43. The van der Waals surface area contributed by atoms with Gasteiger partial charge in [-0.1, -0.05) is 48.6 Å². The monoisotopic (exact) mass is 652 g/mol. The molecule has 1 aliphatic heterocycles. The molecule has 0 saturated heterocycles. The number of thiazole rings is 1. The summed E-state index contributed by atoms with van der Waals surface area (Å²) in [6.07, 6.45) is 7.10. The summed E-state index contributed by atoms with van der Waals surface area (Å²) in [6.45, 7) is 8.53. The van der Waals surface area contributed by atoms with Crippen molar-refractivity contribution in [1.82, 2.24) is 4.98 Å². The number of benzene rings is 3. The van der Waals surface area contributed by atoms with Crippen molar-refractivity contribution in [3.63, 3.8) is 0 Å². The predicted molar refractivity (Wildman–Crippen MR) is 187 cm³/mol. The topological polar surface area (TPSA) is 91.9 Å². The first-order chi connectivity index (χ1) is 22.5. The summed E-state index contributed by atoms with van der Waals surface area (Å²) in [5, 5.41) is 19.2. The number of nitrogens with zero attached hydrogens (tertiary/aromatic N) is 6. The minimum Gasteiger partial charge on any atom is -0.423 e. The van der Waals surface area contributed by atoms with Gasteiger partial charge in [-0.2, -0.15) is 10.2 Å². The zero-order valence-corrected chi connectivity index (χ0v) is 28.3. The fourth-order valence-corrected chi connectivity index (χ4v) is 8.28. The Morgan fingerprint density at radius 1 is 0.848 bits per heavy atom. The molecule has 4 aromatic rings. The van der Waals surface area contributed by atoms with E-state index in [1.54, 1.807) is 35.2 Å². The van der Waals surface area contributed by atoms with Crippen LogP contribution in [0.15, 0.2) is 98.3 Å². The van der Waals surface area contributed by atoms with Gasteiger partial charge in [0.1, 0.15) is 16.1 Å². The molecule has 8 nitrogen and oxygen atoms in total. The lowest BCUT2D eigenvalue weighted by atomic mass is 9.78. The Labute approximate surface area is 279 Å². The second-order valence-corrected chi connectivity index (χ2v) is 14.0. The van der Waals surface area contributed by atoms with Crippen molar-refractivity contribution in [3.05, 3.63) is 88.8 Å². The third-order valence-corrected chi connectivity index (χ3v) is 11.1. The van der Waals surface area contributed by atoms with Gasteiger partial charge in [-0.25, -0.2) is 9.78 Å². The number of ether oxygens (including phenoxy) is 1. The Bertz CT molecular complexity index is 1630. The average molecular weight is 653 g/mol. The highest BCUT2D eigenvalue weighted by atomic mass is 32.2. The normalized spacial score (nSPS) is 19.5. The van der Waals surface area contributed by atoms with E-state index in [9.17, 15) is 4.79 Å². The molecule has 3 aromatic carbocycles. The fourth-order valence-electron chi connectivity index (χ4n) is 6.08. The Morgan fingerprint density at radius 3 is 2.17 bits per heavy atom. The van der Waals surface area contributed by atoms with Crippen molar-refractivity contribution in [1.29, 1.82) is 0 Å². The van der Waals surface area contributed by atoms with Crippen molar-refractivity contribution in [3.8, 4) is 5.75 Å². The zero-order valence-electron chi connectivity index (χ0n) is 26.6. The van der Waals surface area contributed by atoms with E-state index < -0.39 is 0 Å². The molecule has 0 radical (unpaired) electrons. The first-order valence-electron chi connectivity index (χ1n) is 16.3. The molecule has 10 heteroatoms. The number of carbonyl (C=O) groups is 1. The van der Waals surface area contributed by atoms with E-state index in [1.165, 1.54) is 43.4 Å². The SMILES string of the molecule is CCC1CCC(c2ccc(C(=O)Oc3ccc(N=NC4Cc5sc(N=Nc6ccc(N(CC)CC)cc6)nc5S4)cc3)cc2)CC1. The summed E-state index contributed by atoms with van der Waals surface area (Å²) >= 11 is 3.14. The number of rotatable bonds is 11. The highest BCUT2D eigenvalue weighted by Gasteiger charge is 2.27. The van der Waals surface area contributed by atoms with Gasteiger partial charge in [0.25, 0.3) is 0 Å². The van der Waals surface area contributed by atoms with E-state index in [0.717, 1.165) is 41.0 Å². The first kappa shape index (κ1) is 32.1. The van der Waals surface area contributed by atoms with Gasteiger partial charge < -0.3 is 9.64 Å². The fraction of sp³-hybridized carbons (Fsp3) is 0.389. The number of fused-ring (bicyclic) bond motifs is 1. The number of carbonyl (C=O) groups excluding carboxylic acids is 1. The van der Waals surface area contributed by atoms with Crippen LogP contribution in [-0.4, -0.2) is 29.4 Å². The lowest BCUT2D eigenvalue weighted by Crippen LogP contribution is -2.21. The van der Waals surface area contributed by atoms with Crippen LogP contribution in [-0.2, 0) is 6.42 Å². The van der Waals surface area contributed by atoms with Crippen molar-refractivity contribution in [2.24, 2.45) is 26.4 Å². The Kier molecular flexibility index (Phi) is 10.5. The number of hydrogen-bond acceptors (Lipinski definition) is 10. The van der Waals surface area contributed by atoms with Gasteiger partial charge in [0, 0.05) is 30.1 Å². The average Bonchev–Trinajstić information content (AvgIpc) is 3.67. The van der Waals surface area contributed by atoms with Crippen LogP contribution in [0.5, 0.6) is 5.75 Å². The molecule has 1 unspecified atom stereocenters. The molecule has 1 saturated carbocycles. The molecule has 2 heterocycles. The number of hydrogen-bond donors (Lipinski definition) is 0. The van der Waals surface area contributed by atoms with Crippen LogP contribution >= 0.6 is 23.1 Å². The molecule has 0 N–H and O–H groups in total. The minimum absolute atomic E-state index is 0.0329. The molecule has 1 aromatic heterocycles. The number of aromatic nitrogens is 1. The lowest BCUT2D eigenvalue weighted by molar-refractivity contribution is 0.0734. The molecule has 0 bridgehead atoms. The molecule has 0 spiro atoms. The summed E-state index contributed by atoms with van der Waals surface area (Å²) < 4.78 is 5.62. The number of azo groups is 2. The number of thioether (sulfide) groups is 1. The van der Waals surface area contributed by atoms with Crippen LogP contribution in [0.4, 0.5) is 22.2 Å². The molecule has 6 rings (SSSR count). The van der Waals surface area contributed by atoms with Gasteiger partial charge >= 0.3 is 5.97 Å². The van der Waals surface area contributed by atoms with Crippen molar-refractivity contribution < 1.29 is 9.53 Å². The molecule has 1 atom stereocenters. The largest absolute Gasteiger partial charge is 0.423 e. The molecular formula is C36H40N6O2S2. The maximum atomic E-state index is 12.8. The van der Waals surface area contributed by atoms with E-state index in [-0.39, 0.29) is 11.3 Å². The van der Waals surface area contributed by atoms with Crippen molar-refractivity contribution in [2.45, 2.75) is 75.6 Å². The second kappa shape index (κ2) is 15.1. The molecule has 238 valence electrons. The number of anilines is 1. The quantitative estimate of drug-likeness (QED) is 0.0913. The summed E-state index contributed by atoms with van der Waals surface area (Å²) in [6, 6.07) is 23.2. The Morgan fingerprint density at radius 2 is 1.52 bits per heavy atom. The summed E-state index contributed by atoms with van der Waals surface area (Å²) in [7, 11) is 0. The maximum absolute atomic E-state index is 12.8. The van der Waals surface area contributed by atoms with Crippen molar-refractivity contribution in [2.75, 3.05) is 18.0 Å². The van der Waals surface area contributed by atoms with Crippen LogP contribution in [0.2, 0.25) is 0 Å². The smallest absolute Gasteiger partial charge is 0.343 e. The molecule has 46 heavy (non-hydrogen) atoms. The van der Waals surface area contributed by atoms with Crippen LogP contribution in [0.25, 0.3) is 0 Å².